The van der Waals surface area contributed by atoms with Gasteiger partial charge in [-0.25, -0.2) is 4.79 Å². The highest BCUT2D eigenvalue weighted by atomic mass is 16.5. The average Bonchev–Trinajstić information content (AvgIpc) is 3.17. The summed E-state index contributed by atoms with van der Waals surface area (Å²) in [4.78, 5) is 27.0. The van der Waals surface area contributed by atoms with Crippen LogP contribution in [0.2, 0.25) is 0 Å². The van der Waals surface area contributed by atoms with E-state index in [9.17, 15) is 9.59 Å². The highest BCUT2D eigenvalue weighted by molar-refractivity contribution is 5.90. The fraction of sp³-hybridized carbons (Fsp3) is 0.524. The zero-order valence-corrected chi connectivity index (χ0v) is 15.1. The van der Waals surface area contributed by atoms with Crippen LogP contribution in [0.5, 0.6) is 0 Å². The molecule has 1 aromatic carbocycles. The Morgan fingerprint density at radius 3 is 2.72 bits per heavy atom. The van der Waals surface area contributed by atoms with Gasteiger partial charge in [-0.3, -0.25) is 4.79 Å². The van der Waals surface area contributed by atoms with Gasteiger partial charge in [0.05, 0.1) is 13.0 Å². The summed E-state index contributed by atoms with van der Waals surface area (Å²) in [6.07, 6.45) is 6.74. The van der Waals surface area contributed by atoms with Gasteiger partial charge in [0.25, 0.3) is 0 Å². The molecule has 3 rings (SSSR count). The molecule has 3 atom stereocenters. The Kier molecular flexibility index (Phi) is 5.57. The fourth-order valence-electron chi connectivity index (χ4n) is 4.04. The molecule has 0 saturated heterocycles. The molecule has 1 heterocycles. The van der Waals surface area contributed by atoms with E-state index in [4.69, 9.17) is 4.74 Å². The van der Waals surface area contributed by atoms with Gasteiger partial charge in [0.2, 0.25) is 0 Å². The van der Waals surface area contributed by atoms with Crippen molar-refractivity contribution in [3.63, 3.8) is 0 Å². The number of benzene rings is 1. The standard InChI is InChI=1S/C21H27NO3/c1-3-4-10-16-12-17-13-22(14-18(17)20(16)23)19(21(24)25-2)11-15-8-6-5-7-9-15/h5-9,13,16,18-19H,3-4,10-12,14H2,1-2H3/t16?,18?,19-/m0/s1. The van der Waals surface area contributed by atoms with E-state index < -0.39 is 0 Å². The molecule has 1 aliphatic heterocycles. The van der Waals surface area contributed by atoms with Crippen LogP contribution in [0.4, 0.5) is 0 Å². The highest BCUT2D eigenvalue weighted by Gasteiger charge is 2.43. The monoisotopic (exact) mass is 341 g/mol. The van der Waals surface area contributed by atoms with Crippen molar-refractivity contribution in [3.05, 3.63) is 47.7 Å². The molecule has 1 aromatic rings. The van der Waals surface area contributed by atoms with Crippen LogP contribution in [0.1, 0.15) is 38.2 Å². The topological polar surface area (TPSA) is 46.6 Å². The quantitative estimate of drug-likeness (QED) is 0.714. The molecular formula is C21H27NO3. The Hall–Kier alpha value is -2.10. The van der Waals surface area contributed by atoms with E-state index in [1.54, 1.807) is 0 Å². The molecule has 4 nitrogen and oxygen atoms in total. The minimum Gasteiger partial charge on any atom is -0.467 e. The number of methoxy groups -OCH3 is 1. The van der Waals surface area contributed by atoms with Crippen LogP contribution in [-0.4, -0.2) is 36.3 Å². The number of fused-ring (bicyclic) bond motifs is 1. The van der Waals surface area contributed by atoms with E-state index in [0.29, 0.717) is 18.7 Å². The van der Waals surface area contributed by atoms with Crippen LogP contribution >= 0.6 is 0 Å². The Bertz CT molecular complexity index is 652. The summed E-state index contributed by atoms with van der Waals surface area (Å²) in [7, 11) is 1.43. The Labute approximate surface area is 149 Å². The second-order valence-corrected chi connectivity index (χ2v) is 7.13. The number of hydrogen-bond acceptors (Lipinski definition) is 4. The molecule has 0 bridgehead atoms. The molecule has 1 saturated carbocycles. The fourth-order valence-corrected chi connectivity index (χ4v) is 4.04. The van der Waals surface area contributed by atoms with Gasteiger partial charge in [0.1, 0.15) is 11.8 Å². The zero-order chi connectivity index (χ0) is 17.8. The van der Waals surface area contributed by atoms with Crippen LogP contribution in [-0.2, 0) is 20.7 Å². The van der Waals surface area contributed by atoms with Crippen LogP contribution in [0.3, 0.4) is 0 Å². The number of nitrogens with zero attached hydrogens (tertiary/aromatic N) is 1. The number of rotatable bonds is 7. The van der Waals surface area contributed by atoms with Gasteiger partial charge in [0, 0.05) is 18.9 Å². The van der Waals surface area contributed by atoms with Crippen molar-refractivity contribution in [2.75, 3.05) is 13.7 Å². The maximum absolute atomic E-state index is 12.7. The lowest BCUT2D eigenvalue weighted by Crippen LogP contribution is -2.41. The molecule has 0 radical (unpaired) electrons. The van der Waals surface area contributed by atoms with Gasteiger partial charge in [-0.05, 0) is 30.2 Å². The summed E-state index contributed by atoms with van der Waals surface area (Å²) in [6.45, 7) is 2.77. The van der Waals surface area contributed by atoms with E-state index >= 15 is 0 Å². The molecule has 4 heteroatoms. The predicted octanol–water partition coefficient (Wildman–Crippen LogP) is 3.37. The van der Waals surface area contributed by atoms with Crippen molar-refractivity contribution < 1.29 is 14.3 Å². The molecule has 0 aromatic heterocycles. The van der Waals surface area contributed by atoms with Crippen molar-refractivity contribution in [1.82, 2.24) is 4.90 Å². The van der Waals surface area contributed by atoms with Gasteiger partial charge in [0.15, 0.2) is 0 Å². The molecule has 134 valence electrons. The molecule has 2 aliphatic rings. The van der Waals surface area contributed by atoms with Crippen LogP contribution in [0.15, 0.2) is 42.1 Å². The third-order valence-corrected chi connectivity index (χ3v) is 5.45. The number of carbonyl (C=O) groups excluding carboxylic acids is 2. The summed E-state index contributed by atoms with van der Waals surface area (Å²) in [6, 6.07) is 9.59. The molecule has 0 N–H and O–H groups in total. The zero-order valence-electron chi connectivity index (χ0n) is 15.1. The minimum atomic E-state index is -0.368. The van der Waals surface area contributed by atoms with E-state index in [-0.39, 0.29) is 23.8 Å². The normalized spacial score (nSPS) is 23.4. The summed E-state index contributed by atoms with van der Waals surface area (Å²) < 4.78 is 5.03. The first kappa shape index (κ1) is 17.7. The van der Waals surface area contributed by atoms with Gasteiger partial charge in [-0.1, -0.05) is 50.1 Å². The van der Waals surface area contributed by atoms with Gasteiger partial charge in [-0.15, -0.1) is 0 Å². The second-order valence-electron chi connectivity index (χ2n) is 7.13. The van der Waals surface area contributed by atoms with E-state index in [2.05, 4.69) is 13.1 Å². The highest BCUT2D eigenvalue weighted by Crippen LogP contribution is 2.40. The number of Topliss-reactive ketones (excluding diaryl/α,β-unsaturated/α-hetero) is 1. The molecule has 1 fully saturated rings. The lowest BCUT2D eigenvalue weighted by atomic mass is 9.97. The number of ketones is 1. The van der Waals surface area contributed by atoms with Gasteiger partial charge < -0.3 is 9.64 Å². The molecular weight excluding hydrogens is 314 g/mol. The first-order chi connectivity index (χ1) is 12.1. The number of carbonyl (C=O) groups is 2. The third kappa shape index (κ3) is 3.78. The molecule has 1 aliphatic carbocycles. The number of esters is 1. The van der Waals surface area contributed by atoms with E-state index in [1.165, 1.54) is 12.7 Å². The first-order valence-electron chi connectivity index (χ1n) is 9.25. The summed E-state index contributed by atoms with van der Waals surface area (Å²) in [5, 5.41) is 0. The van der Waals surface area contributed by atoms with Crippen LogP contribution in [0, 0.1) is 11.8 Å². The molecule has 25 heavy (non-hydrogen) atoms. The Morgan fingerprint density at radius 2 is 2.08 bits per heavy atom. The van der Waals surface area contributed by atoms with Gasteiger partial charge >= 0.3 is 5.97 Å². The lowest BCUT2D eigenvalue weighted by molar-refractivity contribution is -0.146. The lowest BCUT2D eigenvalue weighted by Gasteiger charge is -2.27. The summed E-state index contributed by atoms with van der Waals surface area (Å²) >= 11 is 0. The largest absolute Gasteiger partial charge is 0.467 e. The Morgan fingerprint density at radius 1 is 1.32 bits per heavy atom. The Balaban J connectivity index is 1.73. The maximum atomic E-state index is 12.7. The van der Waals surface area contributed by atoms with Crippen molar-refractivity contribution in [2.24, 2.45) is 11.8 Å². The first-order valence-corrected chi connectivity index (χ1v) is 9.25. The molecule has 0 amide bonds. The predicted molar refractivity (Wildman–Crippen MR) is 96.9 cm³/mol. The smallest absolute Gasteiger partial charge is 0.328 e. The molecule has 0 spiro atoms. The van der Waals surface area contributed by atoms with Crippen molar-refractivity contribution in [1.29, 1.82) is 0 Å². The van der Waals surface area contributed by atoms with Gasteiger partial charge in [-0.2, -0.15) is 0 Å². The maximum Gasteiger partial charge on any atom is 0.328 e. The summed E-state index contributed by atoms with van der Waals surface area (Å²) in [5.41, 5.74) is 2.30. The van der Waals surface area contributed by atoms with Crippen molar-refractivity contribution in [3.8, 4) is 0 Å². The number of hydrogen-bond donors (Lipinski definition) is 0. The minimum absolute atomic E-state index is 0.0233. The SMILES string of the molecule is CCCCC1CC2=CN([C@@H](Cc3ccccc3)C(=O)OC)CC2C1=O. The second kappa shape index (κ2) is 7.85. The van der Waals surface area contributed by atoms with Crippen molar-refractivity contribution in [2.45, 2.75) is 45.1 Å². The molecule has 2 unspecified atom stereocenters. The van der Waals surface area contributed by atoms with E-state index in [1.807, 2.05) is 35.2 Å². The van der Waals surface area contributed by atoms with Crippen LogP contribution in [0.25, 0.3) is 0 Å². The number of ether oxygens (including phenoxy) is 1. The van der Waals surface area contributed by atoms with E-state index in [0.717, 1.165) is 31.2 Å². The average molecular weight is 341 g/mol. The summed E-state index contributed by atoms with van der Waals surface area (Å²) in [5.74, 6) is 0.287. The number of unbranched alkanes of at least 4 members (excludes halogenated alkanes) is 1. The van der Waals surface area contributed by atoms with Crippen LogP contribution < -0.4 is 0 Å². The van der Waals surface area contributed by atoms with Crippen molar-refractivity contribution >= 4 is 11.8 Å². The third-order valence-electron chi connectivity index (χ3n) is 5.45.